The summed E-state index contributed by atoms with van der Waals surface area (Å²) in [6, 6.07) is 12.7. The highest BCUT2D eigenvalue weighted by Crippen LogP contribution is 2.18. The van der Waals surface area contributed by atoms with E-state index in [1.807, 2.05) is 37.3 Å². The molecule has 0 amide bonds. The van der Waals surface area contributed by atoms with Crippen molar-refractivity contribution in [3.05, 3.63) is 59.4 Å². The zero-order chi connectivity index (χ0) is 13.0. The number of benzene rings is 2. The van der Waals surface area contributed by atoms with Crippen LogP contribution >= 0.6 is 0 Å². The molecule has 0 fully saturated rings. The Morgan fingerprint density at radius 3 is 2.50 bits per heavy atom. The molecule has 0 spiro atoms. The molecule has 18 heavy (non-hydrogen) atoms. The summed E-state index contributed by atoms with van der Waals surface area (Å²) in [5, 5.41) is 2.95. The van der Waals surface area contributed by atoms with E-state index < -0.39 is 0 Å². The Labute approximate surface area is 106 Å². The van der Waals surface area contributed by atoms with Crippen molar-refractivity contribution < 1.29 is 4.39 Å². The van der Waals surface area contributed by atoms with E-state index in [-0.39, 0.29) is 5.82 Å². The predicted molar refractivity (Wildman–Crippen MR) is 74.4 cm³/mol. The highest BCUT2D eigenvalue weighted by Gasteiger charge is 2.04. The van der Waals surface area contributed by atoms with Crippen LogP contribution in [-0.4, -0.2) is 13.3 Å². The maximum atomic E-state index is 13.7. The Morgan fingerprint density at radius 2 is 1.83 bits per heavy atom. The molecule has 2 rings (SSSR count). The van der Waals surface area contributed by atoms with Crippen LogP contribution in [0.2, 0.25) is 0 Å². The van der Waals surface area contributed by atoms with Crippen LogP contribution in [0.4, 0.5) is 15.8 Å². The summed E-state index contributed by atoms with van der Waals surface area (Å²) >= 11 is 0. The Morgan fingerprint density at radius 1 is 1.11 bits per heavy atom. The van der Waals surface area contributed by atoms with Crippen molar-refractivity contribution in [2.75, 3.05) is 12.4 Å². The Hall–Kier alpha value is -2.16. The third-order valence-corrected chi connectivity index (χ3v) is 2.70. The number of nitrogens with one attached hydrogen (secondary N) is 1. The molecule has 92 valence electrons. The van der Waals surface area contributed by atoms with Gasteiger partial charge in [-0.2, -0.15) is 0 Å². The van der Waals surface area contributed by atoms with Crippen LogP contribution < -0.4 is 5.32 Å². The summed E-state index contributed by atoms with van der Waals surface area (Å²) in [7, 11) is 1.76. The van der Waals surface area contributed by atoms with Gasteiger partial charge in [0, 0.05) is 18.9 Å². The summed E-state index contributed by atoms with van der Waals surface area (Å²) in [5.74, 6) is -0.280. The second-order valence-electron chi connectivity index (χ2n) is 4.04. The van der Waals surface area contributed by atoms with E-state index in [4.69, 9.17) is 0 Å². The average molecular weight is 242 g/mol. The van der Waals surface area contributed by atoms with Crippen molar-refractivity contribution in [3.8, 4) is 0 Å². The monoisotopic (exact) mass is 242 g/mol. The van der Waals surface area contributed by atoms with Crippen molar-refractivity contribution in [2.45, 2.75) is 6.92 Å². The first-order chi connectivity index (χ1) is 8.70. The number of aryl methyl sites for hydroxylation is 1. The largest absolute Gasteiger partial charge is 0.388 e. The van der Waals surface area contributed by atoms with Crippen molar-refractivity contribution >= 4 is 17.6 Å². The first kappa shape index (κ1) is 12.3. The first-order valence-corrected chi connectivity index (χ1v) is 5.77. The number of anilines is 1. The number of rotatable bonds is 3. The Bertz CT molecular complexity index is 559. The van der Waals surface area contributed by atoms with Gasteiger partial charge < -0.3 is 5.32 Å². The van der Waals surface area contributed by atoms with Crippen LogP contribution in [0.1, 0.15) is 11.1 Å². The molecule has 0 radical (unpaired) electrons. The number of aliphatic imine (C=N–C) groups is 1. The lowest BCUT2D eigenvalue weighted by Crippen LogP contribution is -1.97. The molecule has 0 aliphatic carbocycles. The van der Waals surface area contributed by atoms with E-state index in [1.54, 1.807) is 19.3 Å². The van der Waals surface area contributed by atoms with Crippen molar-refractivity contribution in [2.24, 2.45) is 4.99 Å². The lowest BCUT2D eigenvalue weighted by molar-refractivity contribution is 0.626. The summed E-state index contributed by atoms with van der Waals surface area (Å²) < 4.78 is 13.7. The smallest absolute Gasteiger partial charge is 0.134 e. The van der Waals surface area contributed by atoms with E-state index in [1.165, 1.54) is 11.6 Å². The van der Waals surface area contributed by atoms with Gasteiger partial charge >= 0.3 is 0 Å². The van der Waals surface area contributed by atoms with E-state index >= 15 is 0 Å². The molecule has 1 N–H and O–H groups in total. The normalized spacial score (nSPS) is 10.8. The van der Waals surface area contributed by atoms with Crippen LogP contribution in [0.5, 0.6) is 0 Å². The van der Waals surface area contributed by atoms with Gasteiger partial charge in [-0.05, 0) is 31.2 Å². The van der Waals surface area contributed by atoms with Crippen LogP contribution in [0.3, 0.4) is 0 Å². The topological polar surface area (TPSA) is 24.4 Å². The van der Waals surface area contributed by atoms with Crippen molar-refractivity contribution in [3.63, 3.8) is 0 Å². The predicted octanol–water partition coefficient (Wildman–Crippen LogP) is 3.93. The maximum Gasteiger partial charge on any atom is 0.134 e. The fourth-order valence-corrected chi connectivity index (χ4v) is 1.66. The third-order valence-electron chi connectivity index (χ3n) is 2.70. The highest BCUT2D eigenvalue weighted by atomic mass is 19.1. The fourth-order valence-electron chi connectivity index (χ4n) is 1.66. The molecule has 0 saturated heterocycles. The standard InChI is InChI=1S/C15H15FN2/c1-11-6-8-12(9-7-11)18-10-13-14(16)4-3-5-15(13)17-2/h3-10,17H,1-2H3. The quantitative estimate of drug-likeness (QED) is 0.810. The number of nitrogens with zero attached hydrogens (tertiary/aromatic N) is 1. The lowest BCUT2D eigenvalue weighted by atomic mass is 10.2. The van der Waals surface area contributed by atoms with E-state index in [0.29, 0.717) is 5.56 Å². The molecule has 0 saturated carbocycles. The van der Waals surface area contributed by atoms with Gasteiger partial charge in [-0.1, -0.05) is 23.8 Å². The molecule has 0 heterocycles. The van der Waals surface area contributed by atoms with Gasteiger partial charge in [0.2, 0.25) is 0 Å². The van der Waals surface area contributed by atoms with Crippen LogP contribution in [0, 0.1) is 12.7 Å². The van der Waals surface area contributed by atoms with Gasteiger partial charge in [-0.3, -0.25) is 4.99 Å². The molecule has 0 bridgehead atoms. The number of hydrogen-bond acceptors (Lipinski definition) is 2. The van der Waals surface area contributed by atoms with Crippen molar-refractivity contribution in [1.29, 1.82) is 0 Å². The number of halogens is 1. The third kappa shape index (κ3) is 2.74. The van der Waals surface area contributed by atoms with Crippen LogP contribution in [0.25, 0.3) is 0 Å². The second kappa shape index (κ2) is 5.45. The molecule has 2 aromatic carbocycles. The highest BCUT2D eigenvalue weighted by molar-refractivity contribution is 5.89. The summed E-state index contributed by atoms with van der Waals surface area (Å²) in [6.07, 6.45) is 1.55. The molecule has 0 unspecified atom stereocenters. The molecule has 2 nitrogen and oxygen atoms in total. The minimum atomic E-state index is -0.280. The summed E-state index contributed by atoms with van der Waals surface area (Å²) in [6.45, 7) is 2.02. The molecular formula is C15H15FN2. The average Bonchev–Trinajstić information content (AvgIpc) is 2.39. The Kier molecular flexibility index (Phi) is 3.72. The fraction of sp³-hybridized carbons (Fsp3) is 0.133. The lowest BCUT2D eigenvalue weighted by Gasteiger charge is -2.05. The second-order valence-corrected chi connectivity index (χ2v) is 4.04. The van der Waals surface area contributed by atoms with Crippen LogP contribution in [0.15, 0.2) is 47.5 Å². The van der Waals surface area contributed by atoms with Crippen molar-refractivity contribution in [1.82, 2.24) is 0 Å². The van der Waals surface area contributed by atoms with Crippen LogP contribution in [-0.2, 0) is 0 Å². The van der Waals surface area contributed by atoms with Gasteiger partial charge in [-0.25, -0.2) is 4.39 Å². The van der Waals surface area contributed by atoms with E-state index in [0.717, 1.165) is 11.4 Å². The van der Waals surface area contributed by atoms with E-state index in [2.05, 4.69) is 10.3 Å². The molecule has 0 aliphatic rings. The summed E-state index contributed by atoms with van der Waals surface area (Å²) in [5.41, 5.74) is 3.19. The SMILES string of the molecule is CNc1cccc(F)c1C=Nc1ccc(C)cc1. The molecule has 0 aromatic heterocycles. The first-order valence-electron chi connectivity index (χ1n) is 5.77. The summed E-state index contributed by atoms with van der Waals surface area (Å²) in [4.78, 5) is 4.28. The van der Waals surface area contributed by atoms with Gasteiger partial charge in [0.1, 0.15) is 5.82 Å². The van der Waals surface area contributed by atoms with Gasteiger partial charge in [0.15, 0.2) is 0 Å². The minimum absolute atomic E-state index is 0.280. The molecule has 2 aromatic rings. The molecular weight excluding hydrogens is 227 g/mol. The zero-order valence-electron chi connectivity index (χ0n) is 10.4. The van der Waals surface area contributed by atoms with E-state index in [9.17, 15) is 4.39 Å². The molecule has 0 atom stereocenters. The number of hydrogen-bond donors (Lipinski definition) is 1. The maximum absolute atomic E-state index is 13.7. The Balaban J connectivity index is 2.31. The zero-order valence-corrected chi connectivity index (χ0v) is 10.4. The minimum Gasteiger partial charge on any atom is -0.388 e. The van der Waals surface area contributed by atoms with Gasteiger partial charge in [-0.15, -0.1) is 0 Å². The van der Waals surface area contributed by atoms with Gasteiger partial charge in [0.05, 0.1) is 11.3 Å². The molecule has 0 aliphatic heterocycles. The van der Waals surface area contributed by atoms with Gasteiger partial charge in [0.25, 0.3) is 0 Å². The molecule has 3 heteroatoms.